The summed E-state index contributed by atoms with van der Waals surface area (Å²) in [6, 6.07) is 15.7. The normalized spacial score (nSPS) is 12.3. The van der Waals surface area contributed by atoms with Crippen LogP contribution in [0.15, 0.2) is 70.1 Å². The Morgan fingerprint density at radius 3 is 2.69 bits per heavy atom. The third-order valence-corrected chi connectivity index (χ3v) is 4.95. The number of pyridine rings is 1. The van der Waals surface area contributed by atoms with Crippen molar-refractivity contribution in [3.8, 4) is 22.6 Å². The monoisotopic (exact) mass is 388 g/mol. The largest absolute Gasteiger partial charge is 0.459 e. The fourth-order valence-corrected chi connectivity index (χ4v) is 3.53. The van der Waals surface area contributed by atoms with Crippen molar-refractivity contribution in [3.05, 3.63) is 76.8 Å². The van der Waals surface area contributed by atoms with E-state index in [9.17, 15) is 9.59 Å². The molecule has 0 saturated heterocycles. The van der Waals surface area contributed by atoms with E-state index in [-0.39, 0.29) is 18.0 Å². The van der Waals surface area contributed by atoms with E-state index in [0.29, 0.717) is 39.3 Å². The number of hydrogen-bond donors (Lipinski definition) is 1. The molecular formula is C22H16N2O5. The molecule has 4 aromatic rings. The minimum Gasteiger partial charge on any atom is -0.459 e. The molecular weight excluding hydrogens is 372 g/mol. The van der Waals surface area contributed by atoms with Gasteiger partial charge in [-0.1, -0.05) is 18.2 Å². The van der Waals surface area contributed by atoms with Gasteiger partial charge in [-0.3, -0.25) is 9.59 Å². The number of nitrogens with one attached hydrogen (secondary N) is 1. The second-order valence-corrected chi connectivity index (χ2v) is 6.63. The molecule has 29 heavy (non-hydrogen) atoms. The van der Waals surface area contributed by atoms with Crippen LogP contribution in [0.1, 0.15) is 10.6 Å². The van der Waals surface area contributed by atoms with E-state index in [1.54, 1.807) is 48.0 Å². The summed E-state index contributed by atoms with van der Waals surface area (Å²) in [7, 11) is 1.80. The molecule has 3 heterocycles. The van der Waals surface area contributed by atoms with Crippen LogP contribution in [0.25, 0.3) is 22.0 Å². The van der Waals surface area contributed by atoms with Crippen molar-refractivity contribution in [1.29, 1.82) is 0 Å². The molecule has 0 bridgehead atoms. The highest BCUT2D eigenvalue weighted by atomic mass is 16.7. The van der Waals surface area contributed by atoms with Gasteiger partial charge < -0.3 is 23.8 Å². The van der Waals surface area contributed by atoms with Crippen LogP contribution in [0.2, 0.25) is 0 Å². The van der Waals surface area contributed by atoms with E-state index in [1.165, 1.54) is 6.26 Å². The van der Waals surface area contributed by atoms with Gasteiger partial charge in [-0.2, -0.15) is 0 Å². The fraction of sp³-hybridized carbons (Fsp3) is 0.0909. The number of ether oxygens (including phenoxy) is 2. The van der Waals surface area contributed by atoms with Crippen LogP contribution in [-0.4, -0.2) is 17.3 Å². The van der Waals surface area contributed by atoms with Gasteiger partial charge in [0.05, 0.1) is 17.3 Å². The number of aryl methyl sites for hydroxylation is 1. The summed E-state index contributed by atoms with van der Waals surface area (Å²) in [6.45, 7) is 0.136. The molecule has 0 fully saturated rings. The van der Waals surface area contributed by atoms with Crippen molar-refractivity contribution in [2.45, 2.75) is 0 Å². The lowest BCUT2D eigenvalue weighted by Gasteiger charge is -2.18. The summed E-state index contributed by atoms with van der Waals surface area (Å²) in [6.07, 6.45) is 1.42. The van der Waals surface area contributed by atoms with E-state index in [4.69, 9.17) is 13.9 Å². The third kappa shape index (κ3) is 2.75. The second-order valence-electron chi connectivity index (χ2n) is 6.63. The van der Waals surface area contributed by atoms with Crippen LogP contribution in [0.5, 0.6) is 11.5 Å². The number of nitrogens with zero attached hydrogens (tertiary/aromatic N) is 1. The zero-order chi connectivity index (χ0) is 20.0. The number of benzene rings is 2. The van der Waals surface area contributed by atoms with Gasteiger partial charge in [-0.05, 0) is 42.0 Å². The molecule has 5 rings (SSSR count). The van der Waals surface area contributed by atoms with Crippen molar-refractivity contribution in [3.63, 3.8) is 0 Å². The molecule has 0 radical (unpaired) electrons. The van der Waals surface area contributed by atoms with E-state index >= 15 is 0 Å². The van der Waals surface area contributed by atoms with Crippen molar-refractivity contribution >= 4 is 22.6 Å². The maximum absolute atomic E-state index is 13.4. The van der Waals surface area contributed by atoms with Crippen LogP contribution >= 0.6 is 0 Å². The molecule has 0 spiro atoms. The van der Waals surface area contributed by atoms with E-state index in [1.807, 2.05) is 18.2 Å². The Morgan fingerprint density at radius 2 is 1.86 bits per heavy atom. The van der Waals surface area contributed by atoms with E-state index < -0.39 is 5.91 Å². The molecule has 2 aromatic carbocycles. The number of anilines is 1. The van der Waals surface area contributed by atoms with Gasteiger partial charge in [0.15, 0.2) is 22.7 Å². The molecule has 1 aliphatic heterocycles. The van der Waals surface area contributed by atoms with Gasteiger partial charge in [-0.15, -0.1) is 0 Å². The van der Waals surface area contributed by atoms with Gasteiger partial charge in [0.25, 0.3) is 5.91 Å². The molecule has 0 saturated carbocycles. The predicted molar refractivity (Wildman–Crippen MR) is 107 cm³/mol. The molecule has 0 atom stereocenters. The number of para-hydroxylation sites is 1. The Hall–Kier alpha value is -4.00. The number of carbonyl (C=O) groups excluding carboxylic acids is 1. The first kappa shape index (κ1) is 17.1. The van der Waals surface area contributed by atoms with Crippen molar-refractivity contribution < 1.29 is 18.7 Å². The summed E-state index contributed by atoms with van der Waals surface area (Å²) in [5, 5.41) is 3.39. The van der Waals surface area contributed by atoms with Crippen LogP contribution < -0.4 is 20.2 Å². The Bertz CT molecular complexity index is 1310. The zero-order valence-electron chi connectivity index (χ0n) is 15.5. The molecule has 7 heteroatoms. The smallest absolute Gasteiger partial charge is 0.292 e. The standard InChI is InChI=1S/C22H16N2O5/c1-24-15-6-3-2-5-14(15)20(25)19(13-8-9-16-18(11-13)29-12-28-16)21(24)23-22(26)17-7-4-10-27-17/h2-11H,12H2,1H3,(H,23,26). The maximum Gasteiger partial charge on any atom is 0.292 e. The summed E-state index contributed by atoms with van der Waals surface area (Å²) in [4.78, 5) is 26.1. The summed E-state index contributed by atoms with van der Waals surface area (Å²) in [5.74, 6) is 1.26. The number of aromatic nitrogens is 1. The molecule has 0 aliphatic carbocycles. The SMILES string of the molecule is Cn1c(NC(=O)c2ccco2)c(-c2ccc3c(c2)OCO3)c(=O)c2ccccc21. The number of carbonyl (C=O) groups is 1. The van der Waals surface area contributed by atoms with Crippen LogP contribution in [0, 0.1) is 0 Å². The summed E-state index contributed by atoms with van der Waals surface area (Å²) >= 11 is 0. The van der Waals surface area contributed by atoms with Crippen molar-refractivity contribution in [1.82, 2.24) is 4.57 Å². The molecule has 1 N–H and O–H groups in total. The summed E-state index contributed by atoms with van der Waals surface area (Å²) < 4.78 is 17.8. The van der Waals surface area contributed by atoms with Crippen molar-refractivity contribution in [2.75, 3.05) is 12.1 Å². The molecule has 0 unspecified atom stereocenters. The fourth-order valence-electron chi connectivity index (χ4n) is 3.53. The average Bonchev–Trinajstić information content (AvgIpc) is 3.43. The summed E-state index contributed by atoms with van der Waals surface area (Å²) in [5.41, 5.74) is 1.50. The predicted octanol–water partition coefficient (Wildman–Crippen LogP) is 3.78. The zero-order valence-corrected chi connectivity index (χ0v) is 15.5. The first-order valence-electron chi connectivity index (χ1n) is 9.00. The lowest BCUT2D eigenvalue weighted by atomic mass is 10.0. The van der Waals surface area contributed by atoms with Crippen LogP contribution in [-0.2, 0) is 7.05 Å². The van der Waals surface area contributed by atoms with Gasteiger partial charge in [0.1, 0.15) is 5.82 Å². The topological polar surface area (TPSA) is 82.7 Å². The second kappa shape index (κ2) is 6.56. The van der Waals surface area contributed by atoms with E-state index in [0.717, 1.165) is 0 Å². The highest BCUT2D eigenvalue weighted by Gasteiger charge is 2.22. The van der Waals surface area contributed by atoms with Gasteiger partial charge in [0, 0.05) is 12.4 Å². The lowest BCUT2D eigenvalue weighted by Crippen LogP contribution is -2.21. The molecule has 144 valence electrons. The molecule has 1 aliphatic rings. The molecule has 2 aromatic heterocycles. The quantitative estimate of drug-likeness (QED) is 0.578. The minimum atomic E-state index is -0.442. The maximum atomic E-state index is 13.4. The number of furan rings is 1. The highest BCUT2D eigenvalue weighted by Crippen LogP contribution is 2.37. The minimum absolute atomic E-state index is 0.136. The van der Waals surface area contributed by atoms with Crippen molar-refractivity contribution in [2.24, 2.45) is 7.05 Å². The Balaban J connectivity index is 1.76. The Labute approximate surface area is 165 Å². The first-order valence-corrected chi connectivity index (χ1v) is 9.00. The van der Waals surface area contributed by atoms with Crippen LogP contribution in [0.3, 0.4) is 0 Å². The van der Waals surface area contributed by atoms with Gasteiger partial charge >= 0.3 is 0 Å². The van der Waals surface area contributed by atoms with E-state index in [2.05, 4.69) is 5.32 Å². The number of rotatable bonds is 3. The number of fused-ring (bicyclic) bond motifs is 2. The molecule has 1 amide bonds. The highest BCUT2D eigenvalue weighted by molar-refractivity contribution is 6.05. The first-order chi connectivity index (χ1) is 14.1. The van der Waals surface area contributed by atoms with Gasteiger partial charge in [0.2, 0.25) is 6.79 Å². The van der Waals surface area contributed by atoms with Crippen LogP contribution in [0.4, 0.5) is 5.82 Å². The third-order valence-electron chi connectivity index (χ3n) is 4.95. The Morgan fingerprint density at radius 1 is 1.03 bits per heavy atom. The number of hydrogen-bond acceptors (Lipinski definition) is 5. The Kier molecular flexibility index (Phi) is 3.87. The molecule has 7 nitrogen and oxygen atoms in total. The number of amides is 1. The average molecular weight is 388 g/mol. The lowest BCUT2D eigenvalue weighted by molar-refractivity contribution is 0.0996. The van der Waals surface area contributed by atoms with Gasteiger partial charge in [-0.25, -0.2) is 0 Å².